The molecule has 34 heavy (non-hydrogen) atoms. The second-order valence-corrected chi connectivity index (χ2v) is 11.3. The van der Waals surface area contributed by atoms with Gasteiger partial charge in [-0.2, -0.15) is 4.98 Å². The number of fused-ring (bicyclic) bond motifs is 4. The number of hydrogen-bond acceptors (Lipinski definition) is 6. The summed E-state index contributed by atoms with van der Waals surface area (Å²) in [6.45, 7) is 8.35. The summed E-state index contributed by atoms with van der Waals surface area (Å²) in [7, 11) is -4.04. The molecule has 1 aliphatic heterocycles. The average molecular weight is 481 g/mol. The number of carbonyl (C=O) groups excluding carboxylic acids is 1. The molecule has 0 unspecified atom stereocenters. The van der Waals surface area contributed by atoms with Gasteiger partial charge in [-0.3, -0.25) is 4.79 Å². The third-order valence-corrected chi connectivity index (χ3v) is 6.71. The highest BCUT2D eigenvalue weighted by Gasteiger charge is 2.25. The third kappa shape index (κ3) is 5.53. The molecule has 1 aliphatic rings. The number of sulfonamides is 1. The lowest BCUT2D eigenvalue weighted by Crippen LogP contribution is -2.41. The lowest BCUT2D eigenvalue weighted by Gasteiger charge is -2.27. The molecule has 4 rings (SSSR count). The first-order valence-electron chi connectivity index (χ1n) is 11.0. The van der Waals surface area contributed by atoms with Crippen molar-refractivity contribution in [2.24, 2.45) is 5.41 Å². The predicted molar refractivity (Wildman–Crippen MR) is 130 cm³/mol. The van der Waals surface area contributed by atoms with Gasteiger partial charge < -0.3 is 10.1 Å². The number of ether oxygens (including phenoxy) is 1. The van der Waals surface area contributed by atoms with Crippen molar-refractivity contribution < 1.29 is 17.9 Å². The lowest BCUT2D eigenvalue weighted by molar-refractivity contribution is 0.0903. The summed E-state index contributed by atoms with van der Waals surface area (Å²) in [5, 5.41) is 2.99. The van der Waals surface area contributed by atoms with Gasteiger partial charge in [0.05, 0.1) is 16.6 Å². The molecular formula is C25H28N4O4S. The van der Waals surface area contributed by atoms with E-state index in [0.29, 0.717) is 12.1 Å². The minimum Gasteiger partial charge on any atom is -0.475 e. The summed E-state index contributed by atoms with van der Waals surface area (Å²) in [6, 6.07) is 14.9. The maximum absolute atomic E-state index is 13.1. The average Bonchev–Trinajstić information content (AvgIpc) is 2.76. The first kappa shape index (κ1) is 23.7. The van der Waals surface area contributed by atoms with Gasteiger partial charge in [-0.1, -0.05) is 51.1 Å². The SMILES string of the molecule is Cc1ccccc1-c1cc2nc(n1)NS(=O)(=O)c1cccc(c1)C(=O)N[C@H](CC(C)(C)C)CO2. The molecule has 2 aromatic carbocycles. The Hall–Kier alpha value is -3.46. The van der Waals surface area contributed by atoms with E-state index in [1.165, 1.54) is 18.2 Å². The molecule has 0 fully saturated rings. The molecule has 9 heteroatoms. The van der Waals surface area contributed by atoms with Crippen LogP contribution in [0.15, 0.2) is 59.5 Å². The van der Waals surface area contributed by atoms with E-state index in [1.807, 2.05) is 31.2 Å². The first-order valence-corrected chi connectivity index (χ1v) is 12.5. The van der Waals surface area contributed by atoms with Gasteiger partial charge >= 0.3 is 0 Å². The minimum absolute atomic E-state index is 0.0564. The largest absolute Gasteiger partial charge is 0.475 e. The van der Waals surface area contributed by atoms with E-state index in [9.17, 15) is 13.2 Å². The van der Waals surface area contributed by atoms with E-state index in [0.717, 1.165) is 11.1 Å². The zero-order valence-electron chi connectivity index (χ0n) is 19.6. The van der Waals surface area contributed by atoms with E-state index in [2.05, 4.69) is 40.8 Å². The number of carbonyl (C=O) groups is 1. The van der Waals surface area contributed by atoms with Gasteiger partial charge in [-0.15, -0.1) is 0 Å². The van der Waals surface area contributed by atoms with Crippen LogP contribution in [-0.2, 0) is 10.0 Å². The highest BCUT2D eigenvalue weighted by atomic mass is 32.2. The standard InChI is InChI=1S/C25H28N4O4S/c1-16-8-5-6-11-20(16)21-13-22-28-24(27-21)29-34(31,32)19-10-7-9-17(12-19)23(30)26-18(15-33-22)14-25(2,3)4/h5-13,18H,14-15H2,1-4H3,(H,26,30)(H,27,28,29)/t18-/m1/s1. The van der Waals surface area contributed by atoms with Crippen LogP contribution in [0, 0.1) is 12.3 Å². The van der Waals surface area contributed by atoms with Crippen LogP contribution in [0.5, 0.6) is 5.88 Å². The van der Waals surface area contributed by atoms with E-state index in [1.54, 1.807) is 12.1 Å². The van der Waals surface area contributed by atoms with Gasteiger partial charge in [-0.25, -0.2) is 18.1 Å². The molecule has 0 spiro atoms. The fourth-order valence-electron chi connectivity index (χ4n) is 3.87. The van der Waals surface area contributed by atoms with Crippen LogP contribution in [0.1, 0.15) is 43.1 Å². The third-order valence-electron chi connectivity index (χ3n) is 5.38. The van der Waals surface area contributed by atoms with Gasteiger partial charge in [0.2, 0.25) is 11.8 Å². The Bertz CT molecular complexity index is 1330. The maximum atomic E-state index is 13.1. The van der Waals surface area contributed by atoms with Crippen LogP contribution in [0.2, 0.25) is 0 Å². The monoisotopic (exact) mass is 480 g/mol. The normalized spacial score (nSPS) is 17.8. The van der Waals surface area contributed by atoms with Crippen molar-refractivity contribution in [2.75, 3.05) is 11.3 Å². The molecule has 0 aliphatic carbocycles. The summed E-state index contributed by atoms with van der Waals surface area (Å²) in [5.41, 5.74) is 2.51. The zero-order valence-corrected chi connectivity index (χ0v) is 20.4. The number of nitrogens with zero attached hydrogens (tertiary/aromatic N) is 2. The van der Waals surface area contributed by atoms with Gasteiger partial charge in [0, 0.05) is 17.2 Å². The van der Waals surface area contributed by atoms with E-state index < -0.39 is 10.0 Å². The van der Waals surface area contributed by atoms with Crippen molar-refractivity contribution in [3.05, 3.63) is 65.7 Å². The molecule has 1 amide bonds. The van der Waals surface area contributed by atoms with E-state index in [4.69, 9.17) is 4.74 Å². The zero-order chi connectivity index (χ0) is 24.5. The van der Waals surface area contributed by atoms with Gasteiger partial charge in [0.15, 0.2) is 0 Å². The number of anilines is 1. The maximum Gasteiger partial charge on any atom is 0.264 e. The molecule has 1 aromatic heterocycles. The molecule has 0 radical (unpaired) electrons. The molecule has 2 heterocycles. The van der Waals surface area contributed by atoms with Crippen LogP contribution < -0.4 is 14.8 Å². The fourth-order valence-corrected chi connectivity index (χ4v) is 4.86. The first-order chi connectivity index (χ1) is 16.0. The van der Waals surface area contributed by atoms with Crippen molar-refractivity contribution in [1.29, 1.82) is 0 Å². The smallest absolute Gasteiger partial charge is 0.264 e. The number of hydrogen-bond donors (Lipinski definition) is 2. The second-order valence-electron chi connectivity index (χ2n) is 9.61. The quantitative estimate of drug-likeness (QED) is 0.569. The Morgan fingerprint density at radius 2 is 1.82 bits per heavy atom. The number of nitrogens with one attached hydrogen (secondary N) is 2. The molecule has 4 bridgehead atoms. The number of rotatable bonds is 2. The molecule has 0 saturated heterocycles. The van der Waals surface area contributed by atoms with Crippen molar-refractivity contribution in [3.63, 3.8) is 0 Å². The lowest BCUT2D eigenvalue weighted by atomic mass is 9.88. The molecular weight excluding hydrogens is 452 g/mol. The molecule has 1 atom stereocenters. The highest BCUT2D eigenvalue weighted by Crippen LogP contribution is 2.28. The van der Waals surface area contributed by atoms with E-state index >= 15 is 0 Å². The Morgan fingerprint density at radius 1 is 1.06 bits per heavy atom. The fraction of sp³-hybridized carbons (Fsp3) is 0.320. The summed E-state index contributed by atoms with van der Waals surface area (Å²) < 4.78 is 34.6. The minimum atomic E-state index is -4.04. The molecule has 2 N–H and O–H groups in total. The summed E-state index contributed by atoms with van der Waals surface area (Å²) >= 11 is 0. The number of amides is 1. The highest BCUT2D eigenvalue weighted by molar-refractivity contribution is 7.92. The number of aromatic nitrogens is 2. The number of benzene rings is 2. The molecule has 3 aromatic rings. The van der Waals surface area contributed by atoms with Crippen LogP contribution in [0.25, 0.3) is 11.3 Å². The second kappa shape index (κ2) is 9.06. The number of aryl methyl sites for hydroxylation is 1. The van der Waals surface area contributed by atoms with Crippen LogP contribution >= 0.6 is 0 Å². The van der Waals surface area contributed by atoms with Gasteiger partial charge in [0.25, 0.3) is 15.9 Å². The van der Waals surface area contributed by atoms with Gasteiger partial charge in [0.1, 0.15) is 6.61 Å². The van der Waals surface area contributed by atoms with Gasteiger partial charge in [-0.05, 0) is 42.5 Å². The Labute approximate surface area is 199 Å². The van der Waals surface area contributed by atoms with Crippen LogP contribution in [0.3, 0.4) is 0 Å². The Morgan fingerprint density at radius 3 is 2.56 bits per heavy atom. The summed E-state index contributed by atoms with van der Waals surface area (Å²) in [5.74, 6) is -0.260. The van der Waals surface area contributed by atoms with Crippen molar-refractivity contribution >= 4 is 21.9 Å². The van der Waals surface area contributed by atoms with Crippen molar-refractivity contribution in [2.45, 2.75) is 45.1 Å². The van der Waals surface area contributed by atoms with Crippen molar-refractivity contribution in [1.82, 2.24) is 15.3 Å². The summed E-state index contributed by atoms with van der Waals surface area (Å²) in [6.07, 6.45) is 0.650. The molecule has 0 saturated carbocycles. The molecule has 178 valence electrons. The van der Waals surface area contributed by atoms with Crippen molar-refractivity contribution in [3.8, 4) is 17.1 Å². The topological polar surface area (TPSA) is 110 Å². The molecule has 8 nitrogen and oxygen atoms in total. The van der Waals surface area contributed by atoms with E-state index in [-0.39, 0.29) is 46.3 Å². The Balaban J connectivity index is 1.83. The Kier molecular flexibility index (Phi) is 6.31. The van der Waals surface area contributed by atoms with Crippen LogP contribution in [-0.4, -0.2) is 36.9 Å². The summed E-state index contributed by atoms with van der Waals surface area (Å²) in [4.78, 5) is 21.6. The van der Waals surface area contributed by atoms with Crippen LogP contribution in [0.4, 0.5) is 5.95 Å². The predicted octanol–water partition coefficient (Wildman–Crippen LogP) is 4.18.